The summed E-state index contributed by atoms with van der Waals surface area (Å²) in [7, 11) is 0. The zero-order valence-electron chi connectivity index (χ0n) is 17.7. The number of nitrogens with one attached hydrogen (secondary N) is 1. The lowest BCUT2D eigenvalue weighted by Gasteiger charge is -2.36. The zero-order chi connectivity index (χ0) is 20.6. The van der Waals surface area contributed by atoms with Crippen molar-refractivity contribution in [3.05, 3.63) is 42.4 Å². The molecule has 4 rings (SSSR count). The molecule has 1 N–H and O–H groups in total. The molecule has 1 aliphatic carbocycles. The summed E-state index contributed by atoms with van der Waals surface area (Å²) < 4.78 is 6.04. The summed E-state index contributed by atoms with van der Waals surface area (Å²) in [6.07, 6.45) is 10.5. The van der Waals surface area contributed by atoms with E-state index in [0.717, 1.165) is 68.9 Å². The lowest BCUT2D eigenvalue weighted by atomic mass is 10.2. The summed E-state index contributed by atoms with van der Waals surface area (Å²) in [6, 6.07) is 5.88. The Kier molecular flexibility index (Phi) is 6.95. The summed E-state index contributed by atoms with van der Waals surface area (Å²) in [5.41, 5.74) is 1.12. The van der Waals surface area contributed by atoms with Gasteiger partial charge in [-0.3, -0.25) is 0 Å². The zero-order valence-corrected chi connectivity index (χ0v) is 17.7. The maximum Gasteiger partial charge on any atom is 0.225 e. The fraction of sp³-hybridized carbons (Fsp3) is 0.545. The molecule has 0 amide bonds. The second kappa shape index (κ2) is 10.2. The summed E-state index contributed by atoms with van der Waals surface area (Å²) >= 11 is 0. The summed E-state index contributed by atoms with van der Waals surface area (Å²) in [5, 5.41) is 3.43. The van der Waals surface area contributed by atoms with E-state index in [2.05, 4.69) is 37.0 Å². The van der Waals surface area contributed by atoms with Crippen LogP contribution in [0.1, 0.15) is 38.2 Å². The van der Waals surface area contributed by atoms with Crippen molar-refractivity contribution in [3.8, 4) is 5.88 Å². The minimum atomic E-state index is 0.318. The van der Waals surface area contributed by atoms with E-state index in [-0.39, 0.29) is 0 Å². The van der Waals surface area contributed by atoms with Gasteiger partial charge in [0.1, 0.15) is 6.10 Å². The number of hydrogen-bond donors (Lipinski definition) is 1. The third kappa shape index (κ3) is 5.37. The largest absolute Gasteiger partial charge is 0.474 e. The molecule has 0 spiro atoms. The fourth-order valence-corrected chi connectivity index (χ4v) is 3.95. The van der Waals surface area contributed by atoms with E-state index in [1.54, 1.807) is 12.4 Å². The molecule has 2 aromatic rings. The van der Waals surface area contributed by atoms with Gasteiger partial charge >= 0.3 is 0 Å². The standard InChI is InChI=1S/C22H31N7O/c1-2-23-21(28-12-14-29(15-13-28)22-25-9-5-10-26-22)27-17-18-8-11-24-20(16-18)30-19-6-3-4-7-19/h5,8-11,16,19H,2-4,6-7,12-15,17H2,1H3,(H,23,27). The van der Waals surface area contributed by atoms with E-state index in [9.17, 15) is 0 Å². The van der Waals surface area contributed by atoms with Crippen molar-refractivity contribution < 1.29 is 4.74 Å². The second-order valence-electron chi connectivity index (χ2n) is 7.72. The number of hydrogen-bond acceptors (Lipinski definition) is 6. The Bertz CT molecular complexity index is 815. The highest BCUT2D eigenvalue weighted by atomic mass is 16.5. The van der Waals surface area contributed by atoms with Gasteiger partial charge in [0, 0.05) is 57.4 Å². The minimum Gasteiger partial charge on any atom is -0.474 e. The minimum absolute atomic E-state index is 0.318. The molecule has 0 unspecified atom stereocenters. The third-order valence-electron chi connectivity index (χ3n) is 5.55. The van der Waals surface area contributed by atoms with Crippen LogP contribution < -0.4 is 15.0 Å². The van der Waals surface area contributed by atoms with Crippen molar-refractivity contribution in [2.45, 2.75) is 45.3 Å². The van der Waals surface area contributed by atoms with Crippen molar-refractivity contribution in [1.82, 2.24) is 25.2 Å². The quantitative estimate of drug-likeness (QED) is 0.580. The highest BCUT2D eigenvalue weighted by Crippen LogP contribution is 2.23. The van der Waals surface area contributed by atoms with Crippen LogP contribution in [0.4, 0.5) is 5.95 Å². The molecule has 30 heavy (non-hydrogen) atoms. The van der Waals surface area contributed by atoms with E-state index in [4.69, 9.17) is 9.73 Å². The van der Waals surface area contributed by atoms with E-state index in [1.165, 1.54) is 12.8 Å². The van der Waals surface area contributed by atoms with Gasteiger partial charge in [0.05, 0.1) is 6.54 Å². The van der Waals surface area contributed by atoms with Crippen LogP contribution in [0.2, 0.25) is 0 Å². The first-order valence-corrected chi connectivity index (χ1v) is 11.0. The highest BCUT2D eigenvalue weighted by molar-refractivity contribution is 5.80. The molecule has 1 saturated heterocycles. The van der Waals surface area contributed by atoms with Gasteiger partial charge in [-0.15, -0.1) is 0 Å². The number of rotatable bonds is 6. The van der Waals surface area contributed by atoms with Gasteiger partial charge in [-0.05, 0) is 50.3 Å². The van der Waals surface area contributed by atoms with Crippen molar-refractivity contribution >= 4 is 11.9 Å². The second-order valence-corrected chi connectivity index (χ2v) is 7.72. The van der Waals surface area contributed by atoms with Crippen molar-refractivity contribution in [1.29, 1.82) is 0 Å². The van der Waals surface area contributed by atoms with Crippen LogP contribution >= 0.6 is 0 Å². The number of piperazine rings is 1. The molecule has 8 nitrogen and oxygen atoms in total. The molecule has 2 aliphatic rings. The summed E-state index contributed by atoms with van der Waals surface area (Å²) in [6.45, 7) is 7.07. The van der Waals surface area contributed by atoms with Crippen LogP contribution in [-0.2, 0) is 6.54 Å². The molecule has 1 saturated carbocycles. The molecule has 0 aromatic carbocycles. The van der Waals surface area contributed by atoms with E-state index in [1.807, 2.05) is 24.4 Å². The monoisotopic (exact) mass is 409 g/mol. The Morgan fingerprint density at radius 1 is 1.10 bits per heavy atom. The molecule has 8 heteroatoms. The number of aliphatic imine (C=N–C) groups is 1. The van der Waals surface area contributed by atoms with Gasteiger partial charge in [-0.1, -0.05) is 0 Å². The number of pyridine rings is 1. The van der Waals surface area contributed by atoms with Gasteiger partial charge in [0.2, 0.25) is 11.8 Å². The molecular formula is C22H31N7O. The molecule has 160 valence electrons. The van der Waals surface area contributed by atoms with Gasteiger partial charge in [-0.25, -0.2) is 19.9 Å². The van der Waals surface area contributed by atoms with Gasteiger partial charge in [-0.2, -0.15) is 0 Å². The smallest absolute Gasteiger partial charge is 0.225 e. The van der Waals surface area contributed by atoms with Crippen LogP contribution in [0, 0.1) is 0 Å². The van der Waals surface area contributed by atoms with Gasteiger partial charge in [0.15, 0.2) is 5.96 Å². The third-order valence-corrected chi connectivity index (χ3v) is 5.55. The van der Waals surface area contributed by atoms with Crippen LogP contribution in [-0.4, -0.2) is 64.6 Å². The highest BCUT2D eigenvalue weighted by Gasteiger charge is 2.21. The Morgan fingerprint density at radius 3 is 2.60 bits per heavy atom. The summed E-state index contributed by atoms with van der Waals surface area (Å²) in [5.74, 6) is 2.46. The SMILES string of the molecule is CCNC(=NCc1ccnc(OC2CCCC2)c1)N1CCN(c2ncccn2)CC1. The van der Waals surface area contributed by atoms with Crippen molar-refractivity contribution in [2.24, 2.45) is 4.99 Å². The number of guanidine groups is 1. The molecular weight excluding hydrogens is 378 g/mol. The van der Waals surface area contributed by atoms with Crippen LogP contribution in [0.5, 0.6) is 5.88 Å². The molecule has 2 fully saturated rings. The molecule has 0 atom stereocenters. The van der Waals surface area contributed by atoms with Crippen LogP contribution in [0.3, 0.4) is 0 Å². The van der Waals surface area contributed by atoms with Gasteiger partial charge < -0.3 is 19.9 Å². The van der Waals surface area contributed by atoms with Crippen molar-refractivity contribution in [2.75, 3.05) is 37.6 Å². The van der Waals surface area contributed by atoms with Crippen LogP contribution in [0.25, 0.3) is 0 Å². The average Bonchev–Trinajstić information content (AvgIpc) is 3.31. The maximum absolute atomic E-state index is 6.04. The van der Waals surface area contributed by atoms with Crippen molar-refractivity contribution in [3.63, 3.8) is 0 Å². The number of anilines is 1. The van der Waals surface area contributed by atoms with E-state index in [0.29, 0.717) is 12.6 Å². The number of aromatic nitrogens is 3. The predicted octanol–water partition coefficient (Wildman–Crippen LogP) is 2.48. The molecule has 2 aromatic heterocycles. The Morgan fingerprint density at radius 2 is 1.87 bits per heavy atom. The van der Waals surface area contributed by atoms with Gasteiger partial charge in [0.25, 0.3) is 0 Å². The fourth-order valence-electron chi connectivity index (χ4n) is 3.95. The molecule has 0 bridgehead atoms. The first kappa shape index (κ1) is 20.4. The Balaban J connectivity index is 1.36. The first-order chi connectivity index (χ1) is 14.8. The van der Waals surface area contributed by atoms with E-state index < -0.39 is 0 Å². The molecule has 0 radical (unpaired) electrons. The lowest BCUT2D eigenvalue weighted by Crippen LogP contribution is -2.52. The number of ether oxygens (including phenoxy) is 1. The number of nitrogens with zero attached hydrogens (tertiary/aromatic N) is 6. The topological polar surface area (TPSA) is 78.8 Å². The maximum atomic E-state index is 6.04. The van der Waals surface area contributed by atoms with Crippen LogP contribution in [0.15, 0.2) is 41.8 Å². The average molecular weight is 410 g/mol. The molecule has 1 aliphatic heterocycles. The predicted molar refractivity (Wildman–Crippen MR) is 118 cm³/mol. The normalized spacial score (nSPS) is 18.0. The first-order valence-electron chi connectivity index (χ1n) is 11.0. The lowest BCUT2D eigenvalue weighted by molar-refractivity contribution is 0.201. The van der Waals surface area contributed by atoms with E-state index >= 15 is 0 Å². The Hall–Kier alpha value is -2.90. The Labute approximate surface area is 178 Å². The summed E-state index contributed by atoms with van der Waals surface area (Å²) in [4.78, 5) is 22.5. The molecule has 3 heterocycles.